The van der Waals surface area contributed by atoms with Crippen LogP contribution in [0.5, 0.6) is 0 Å². The van der Waals surface area contributed by atoms with E-state index in [4.69, 9.17) is 0 Å². The van der Waals surface area contributed by atoms with Crippen molar-refractivity contribution in [3.05, 3.63) is 0 Å². The fourth-order valence-electron chi connectivity index (χ4n) is 3.05. The first kappa shape index (κ1) is 11.1. The Morgan fingerprint density at radius 1 is 1.40 bits per heavy atom. The third kappa shape index (κ3) is 2.60. The molecule has 0 aromatic carbocycles. The van der Waals surface area contributed by atoms with Crippen molar-refractivity contribution >= 4 is 5.78 Å². The fraction of sp³-hybridized carbons (Fsp3) is 0.923. The highest BCUT2D eigenvalue weighted by Crippen LogP contribution is 2.34. The Morgan fingerprint density at radius 3 is 2.73 bits per heavy atom. The molecule has 2 aliphatic rings. The third-order valence-electron chi connectivity index (χ3n) is 3.92. The lowest BCUT2D eigenvalue weighted by atomic mass is 9.84. The lowest BCUT2D eigenvalue weighted by Crippen LogP contribution is -2.28. The van der Waals surface area contributed by atoms with Gasteiger partial charge in [0.05, 0.1) is 0 Å². The number of carbonyl (C=O) groups excluding carboxylic acids is 1. The molecule has 1 N–H and O–H groups in total. The van der Waals surface area contributed by atoms with Crippen LogP contribution in [-0.2, 0) is 4.79 Å². The summed E-state index contributed by atoms with van der Waals surface area (Å²) >= 11 is 0. The van der Waals surface area contributed by atoms with Gasteiger partial charge in [-0.3, -0.25) is 4.79 Å². The zero-order valence-corrected chi connectivity index (χ0v) is 9.96. The minimum Gasteiger partial charge on any atom is -0.310 e. The van der Waals surface area contributed by atoms with Crippen molar-refractivity contribution in [1.82, 2.24) is 5.32 Å². The first-order chi connectivity index (χ1) is 7.16. The molecule has 0 aliphatic carbocycles. The van der Waals surface area contributed by atoms with Gasteiger partial charge in [0, 0.05) is 24.4 Å². The SMILES string of the molecule is CC(C)CCCC(=O)C1CC2CCC1N2. The van der Waals surface area contributed by atoms with Gasteiger partial charge in [-0.15, -0.1) is 0 Å². The number of nitrogens with one attached hydrogen (secondary N) is 1. The summed E-state index contributed by atoms with van der Waals surface area (Å²) in [7, 11) is 0. The highest BCUT2D eigenvalue weighted by molar-refractivity contribution is 5.82. The summed E-state index contributed by atoms with van der Waals surface area (Å²) in [5.41, 5.74) is 0. The van der Waals surface area contributed by atoms with Crippen LogP contribution in [0.15, 0.2) is 0 Å². The summed E-state index contributed by atoms with van der Waals surface area (Å²) in [4.78, 5) is 12.0. The first-order valence-corrected chi connectivity index (χ1v) is 6.45. The van der Waals surface area contributed by atoms with Crippen molar-refractivity contribution < 1.29 is 4.79 Å². The second-order valence-electron chi connectivity index (χ2n) is 5.64. The van der Waals surface area contributed by atoms with Gasteiger partial charge < -0.3 is 5.32 Å². The molecule has 0 aromatic heterocycles. The van der Waals surface area contributed by atoms with Crippen molar-refractivity contribution in [2.24, 2.45) is 11.8 Å². The van der Waals surface area contributed by atoms with Gasteiger partial charge in [0.15, 0.2) is 0 Å². The molecule has 0 amide bonds. The molecule has 3 unspecified atom stereocenters. The van der Waals surface area contributed by atoms with E-state index in [2.05, 4.69) is 19.2 Å². The molecule has 2 rings (SSSR count). The maximum absolute atomic E-state index is 12.0. The number of Topliss-reactive ketones (excluding diaryl/α,β-unsaturated/α-hetero) is 1. The minimum absolute atomic E-state index is 0.357. The van der Waals surface area contributed by atoms with Gasteiger partial charge in [-0.05, 0) is 31.6 Å². The summed E-state index contributed by atoms with van der Waals surface area (Å²) in [5, 5.41) is 3.54. The molecule has 3 atom stereocenters. The minimum atomic E-state index is 0.357. The number of rotatable bonds is 5. The molecule has 2 aliphatic heterocycles. The van der Waals surface area contributed by atoms with Crippen LogP contribution < -0.4 is 5.32 Å². The monoisotopic (exact) mass is 209 g/mol. The number of fused-ring (bicyclic) bond motifs is 2. The largest absolute Gasteiger partial charge is 0.310 e. The zero-order valence-electron chi connectivity index (χ0n) is 9.96. The zero-order chi connectivity index (χ0) is 10.8. The van der Waals surface area contributed by atoms with E-state index in [0.717, 1.165) is 25.2 Å². The van der Waals surface area contributed by atoms with Gasteiger partial charge in [0.1, 0.15) is 5.78 Å². The molecule has 0 saturated carbocycles. The van der Waals surface area contributed by atoms with Gasteiger partial charge in [-0.25, -0.2) is 0 Å². The fourth-order valence-corrected chi connectivity index (χ4v) is 3.05. The van der Waals surface area contributed by atoms with E-state index in [1.165, 1.54) is 19.3 Å². The van der Waals surface area contributed by atoms with Crippen LogP contribution in [-0.4, -0.2) is 17.9 Å². The molecule has 86 valence electrons. The summed E-state index contributed by atoms with van der Waals surface area (Å²) < 4.78 is 0. The van der Waals surface area contributed by atoms with E-state index in [1.807, 2.05) is 0 Å². The summed E-state index contributed by atoms with van der Waals surface area (Å²) in [5.74, 6) is 1.61. The number of ketones is 1. The van der Waals surface area contributed by atoms with Crippen molar-refractivity contribution in [2.45, 2.75) is 64.5 Å². The van der Waals surface area contributed by atoms with Crippen molar-refractivity contribution in [2.75, 3.05) is 0 Å². The highest BCUT2D eigenvalue weighted by Gasteiger charge is 2.41. The van der Waals surface area contributed by atoms with E-state index < -0.39 is 0 Å². The molecule has 2 bridgehead atoms. The molecule has 2 heterocycles. The van der Waals surface area contributed by atoms with Crippen molar-refractivity contribution in [3.8, 4) is 0 Å². The van der Waals surface area contributed by atoms with Crippen LogP contribution in [0, 0.1) is 11.8 Å². The molecule has 2 nitrogen and oxygen atoms in total. The lowest BCUT2D eigenvalue weighted by molar-refractivity contribution is -0.123. The van der Waals surface area contributed by atoms with E-state index in [0.29, 0.717) is 23.8 Å². The van der Waals surface area contributed by atoms with Crippen LogP contribution in [0.1, 0.15) is 52.4 Å². The summed E-state index contributed by atoms with van der Waals surface area (Å²) in [6.45, 7) is 4.45. The van der Waals surface area contributed by atoms with Crippen LogP contribution in [0.4, 0.5) is 0 Å². The molecule has 2 saturated heterocycles. The van der Waals surface area contributed by atoms with Crippen LogP contribution in [0.25, 0.3) is 0 Å². The number of carbonyl (C=O) groups is 1. The quantitative estimate of drug-likeness (QED) is 0.754. The van der Waals surface area contributed by atoms with E-state index in [1.54, 1.807) is 0 Å². The average Bonchev–Trinajstić information content (AvgIpc) is 2.77. The van der Waals surface area contributed by atoms with Crippen LogP contribution >= 0.6 is 0 Å². The second-order valence-corrected chi connectivity index (χ2v) is 5.64. The van der Waals surface area contributed by atoms with Crippen LogP contribution in [0.3, 0.4) is 0 Å². The second kappa shape index (κ2) is 4.65. The predicted octanol–water partition coefficient (Wildman–Crippen LogP) is 2.52. The Kier molecular flexibility index (Phi) is 3.45. The van der Waals surface area contributed by atoms with Gasteiger partial charge in [-0.2, -0.15) is 0 Å². The topological polar surface area (TPSA) is 29.1 Å². The first-order valence-electron chi connectivity index (χ1n) is 6.45. The molecule has 0 aromatic rings. The highest BCUT2D eigenvalue weighted by atomic mass is 16.1. The summed E-state index contributed by atoms with van der Waals surface area (Å²) in [6, 6.07) is 1.19. The van der Waals surface area contributed by atoms with Crippen molar-refractivity contribution in [3.63, 3.8) is 0 Å². The Morgan fingerprint density at radius 2 is 2.20 bits per heavy atom. The normalized spacial score (nSPS) is 33.9. The molecule has 2 fully saturated rings. The van der Waals surface area contributed by atoms with E-state index in [9.17, 15) is 4.79 Å². The Labute approximate surface area is 92.8 Å². The Balaban J connectivity index is 1.72. The lowest BCUT2D eigenvalue weighted by Gasteiger charge is -2.18. The smallest absolute Gasteiger partial charge is 0.137 e. The van der Waals surface area contributed by atoms with Gasteiger partial charge >= 0.3 is 0 Å². The Bertz CT molecular complexity index is 237. The molecule has 0 spiro atoms. The third-order valence-corrected chi connectivity index (χ3v) is 3.92. The Hall–Kier alpha value is -0.370. The van der Waals surface area contributed by atoms with Gasteiger partial charge in [0.2, 0.25) is 0 Å². The number of hydrogen-bond acceptors (Lipinski definition) is 2. The standard InChI is InChI=1S/C13H23NO/c1-9(2)4-3-5-13(15)11-8-10-6-7-12(11)14-10/h9-12,14H,3-8H2,1-2H3. The molecule has 0 radical (unpaired) electrons. The van der Waals surface area contributed by atoms with Crippen molar-refractivity contribution in [1.29, 1.82) is 0 Å². The van der Waals surface area contributed by atoms with E-state index >= 15 is 0 Å². The molecular formula is C13H23NO. The predicted molar refractivity (Wildman–Crippen MR) is 61.7 cm³/mol. The molecule has 15 heavy (non-hydrogen) atoms. The van der Waals surface area contributed by atoms with E-state index in [-0.39, 0.29) is 0 Å². The maximum atomic E-state index is 12.0. The average molecular weight is 209 g/mol. The molecular weight excluding hydrogens is 186 g/mol. The van der Waals surface area contributed by atoms with Gasteiger partial charge in [-0.1, -0.05) is 20.3 Å². The van der Waals surface area contributed by atoms with Crippen LogP contribution in [0.2, 0.25) is 0 Å². The molecule has 2 heteroatoms. The summed E-state index contributed by atoms with van der Waals surface area (Å²) in [6.07, 6.45) is 6.73. The number of hydrogen-bond donors (Lipinski definition) is 1. The maximum Gasteiger partial charge on any atom is 0.137 e. The van der Waals surface area contributed by atoms with Gasteiger partial charge in [0.25, 0.3) is 0 Å².